The number of aliphatic hydroxyl groups excluding tert-OH is 1. The summed E-state index contributed by atoms with van der Waals surface area (Å²) >= 11 is 0. The van der Waals surface area contributed by atoms with Gasteiger partial charge in [0.2, 0.25) is 10.0 Å². The van der Waals surface area contributed by atoms with Crippen LogP contribution in [0.5, 0.6) is 5.75 Å². The molecule has 4 atom stereocenters. The highest BCUT2D eigenvalue weighted by Gasteiger charge is 2.31. The summed E-state index contributed by atoms with van der Waals surface area (Å²) in [5.41, 5.74) is 0.458. The number of nitrogens with zero attached hydrogens (tertiary/aromatic N) is 2. The molecule has 3 amide bonds. The Hall–Kier alpha value is -2.57. The number of hydrogen-bond donors (Lipinski definition) is 3. The number of nitrogens with one attached hydrogen (secondary N) is 2. The largest absolute Gasteiger partial charge is 0.490 e. The summed E-state index contributed by atoms with van der Waals surface area (Å²) in [4.78, 5) is 30.3. The van der Waals surface area contributed by atoms with Gasteiger partial charge in [-0.25, -0.2) is 13.2 Å². The van der Waals surface area contributed by atoms with Gasteiger partial charge in [-0.3, -0.25) is 9.52 Å². The Morgan fingerprint density at radius 1 is 1.14 bits per heavy atom. The van der Waals surface area contributed by atoms with E-state index in [0.29, 0.717) is 18.9 Å². The van der Waals surface area contributed by atoms with Gasteiger partial charge in [0.15, 0.2) is 0 Å². The Bertz CT molecular complexity index is 1140. The Morgan fingerprint density at radius 2 is 1.83 bits per heavy atom. The van der Waals surface area contributed by atoms with E-state index in [4.69, 9.17) is 9.47 Å². The number of sulfonamides is 1. The number of amides is 3. The second kappa shape index (κ2) is 15.8. The summed E-state index contributed by atoms with van der Waals surface area (Å²) in [5, 5.41) is 13.2. The van der Waals surface area contributed by atoms with E-state index in [1.807, 2.05) is 13.8 Å². The van der Waals surface area contributed by atoms with Gasteiger partial charge < -0.3 is 29.7 Å². The zero-order valence-corrected chi connectivity index (χ0v) is 26.6. The summed E-state index contributed by atoms with van der Waals surface area (Å²) in [7, 11) is -1.80. The van der Waals surface area contributed by atoms with Gasteiger partial charge in [-0.05, 0) is 64.2 Å². The lowest BCUT2D eigenvalue weighted by Gasteiger charge is -2.36. The zero-order valence-electron chi connectivity index (χ0n) is 25.8. The molecule has 2 aliphatic rings. The minimum absolute atomic E-state index is 0.125. The molecule has 1 heterocycles. The highest BCUT2D eigenvalue weighted by Crippen LogP contribution is 2.29. The minimum atomic E-state index is -3.57. The molecule has 1 saturated carbocycles. The van der Waals surface area contributed by atoms with E-state index in [0.717, 1.165) is 51.2 Å². The molecule has 12 heteroatoms. The molecule has 1 fully saturated rings. The van der Waals surface area contributed by atoms with Crippen LogP contribution in [0.1, 0.15) is 82.5 Å². The molecule has 0 radical (unpaired) electrons. The minimum Gasteiger partial charge on any atom is -0.490 e. The number of carbonyl (C=O) groups excluding carboxylic acids is 2. The second-order valence-electron chi connectivity index (χ2n) is 12.0. The van der Waals surface area contributed by atoms with Crippen molar-refractivity contribution in [2.75, 3.05) is 44.3 Å². The van der Waals surface area contributed by atoms with Crippen LogP contribution in [0.2, 0.25) is 0 Å². The number of hydrogen-bond acceptors (Lipinski definition) is 7. The van der Waals surface area contributed by atoms with Crippen molar-refractivity contribution in [2.24, 2.45) is 5.92 Å². The Morgan fingerprint density at radius 3 is 2.50 bits per heavy atom. The van der Waals surface area contributed by atoms with Crippen LogP contribution >= 0.6 is 0 Å². The van der Waals surface area contributed by atoms with Crippen LogP contribution in [0, 0.1) is 5.92 Å². The van der Waals surface area contributed by atoms with Crippen molar-refractivity contribution < 1.29 is 32.6 Å². The van der Waals surface area contributed by atoms with E-state index in [-0.39, 0.29) is 60.5 Å². The molecule has 0 aromatic heterocycles. The van der Waals surface area contributed by atoms with Gasteiger partial charge in [0.05, 0.1) is 36.7 Å². The number of fused-ring (bicyclic) bond motifs is 1. The number of rotatable bonds is 7. The summed E-state index contributed by atoms with van der Waals surface area (Å²) in [6.45, 7) is 6.53. The van der Waals surface area contributed by atoms with Gasteiger partial charge >= 0.3 is 6.03 Å². The third-order valence-corrected chi connectivity index (χ3v) is 8.69. The first-order chi connectivity index (χ1) is 19.9. The molecule has 1 aromatic rings. The Balaban J connectivity index is 1.88. The van der Waals surface area contributed by atoms with E-state index >= 15 is 0 Å². The van der Waals surface area contributed by atoms with E-state index in [9.17, 15) is 23.1 Å². The van der Waals surface area contributed by atoms with E-state index in [1.54, 1.807) is 35.9 Å². The molecule has 238 valence electrons. The third-order valence-electron chi connectivity index (χ3n) is 8.09. The predicted octanol–water partition coefficient (Wildman–Crippen LogP) is 3.83. The lowest BCUT2D eigenvalue weighted by atomic mass is 9.96. The first kappa shape index (κ1) is 33.9. The molecular weight excluding hydrogens is 560 g/mol. The number of ether oxygens (including phenoxy) is 2. The van der Waals surface area contributed by atoms with Crippen LogP contribution in [-0.4, -0.2) is 99.2 Å². The molecule has 0 bridgehead atoms. The highest BCUT2D eigenvalue weighted by molar-refractivity contribution is 7.92. The second-order valence-corrected chi connectivity index (χ2v) is 13.8. The normalized spacial score (nSPS) is 24.1. The van der Waals surface area contributed by atoms with Crippen molar-refractivity contribution in [3.63, 3.8) is 0 Å². The predicted molar refractivity (Wildman–Crippen MR) is 163 cm³/mol. The third kappa shape index (κ3) is 10.3. The molecule has 1 aliphatic carbocycles. The lowest BCUT2D eigenvalue weighted by molar-refractivity contribution is -0.0123. The quantitative estimate of drug-likeness (QED) is 0.427. The Kier molecular flexibility index (Phi) is 12.7. The van der Waals surface area contributed by atoms with Crippen LogP contribution in [0.3, 0.4) is 0 Å². The fraction of sp³-hybridized carbons (Fsp3) is 0.733. The van der Waals surface area contributed by atoms with Crippen molar-refractivity contribution in [3.05, 3.63) is 23.8 Å². The molecule has 1 aromatic carbocycles. The van der Waals surface area contributed by atoms with Crippen molar-refractivity contribution in [2.45, 2.75) is 96.4 Å². The molecule has 3 rings (SSSR count). The molecule has 0 saturated heterocycles. The number of aliphatic hydroxyl groups is 1. The molecule has 0 unspecified atom stereocenters. The summed E-state index contributed by atoms with van der Waals surface area (Å²) < 4.78 is 38.8. The Labute approximate surface area is 251 Å². The monoisotopic (exact) mass is 610 g/mol. The molecule has 11 nitrogen and oxygen atoms in total. The molecule has 1 aliphatic heterocycles. The van der Waals surface area contributed by atoms with Crippen LogP contribution < -0.4 is 14.8 Å². The van der Waals surface area contributed by atoms with Crippen molar-refractivity contribution in [1.82, 2.24) is 15.1 Å². The summed E-state index contributed by atoms with van der Waals surface area (Å²) in [6.07, 6.45) is 8.38. The van der Waals surface area contributed by atoms with E-state index < -0.39 is 16.1 Å². The number of benzene rings is 1. The summed E-state index contributed by atoms with van der Waals surface area (Å²) in [5.74, 6) is -0.211. The van der Waals surface area contributed by atoms with E-state index in [2.05, 4.69) is 10.0 Å². The van der Waals surface area contributed by atoms with Gasteiger partial charge in [0.25, 0.3) is 5.91 Å². The van der Waals surface area contributed by atoms with Gasteiger partial charge in [0, 0.05) is 44.4 Å². The van der Waals surface area contributed by atoms with Gasteiger partial charge in [-0.2, -0.15) is 0 Å². The molecule has 0 spiro atoms. The maximum atomic E-state index is 14.1. The van der Waals surface area contributed by atoms with Gasteiger partial charge in [-0.1, -0.05) is 26.2 Å². The van der Waals surface area contributed by atoms with Gasteiger partial charge in [0.1, 0.15) is 5.75 Å². The number of urea groups is 1. The highest BCUT2D eigenvalue weighted by atomic mass is 32.2. The smallest absolute Gasteiger partial charge is 0.317 e. The van der Waals surface area contributed by atoms with Crippen LogP contribution in [0.4, 0.5) is 10.5 Å². The van der Waals surface area contributed by atoms with Crippen LogP contribution in [0.15, 0.2) is 18.2 Å². The average molecular weight is 611 g/mol. The van der Waals surface area contributed by atoms with Crippen LogP contribution in [-0.2, 0) is 14.8 Å². The fourth-order valence-electron chi connectivity index (χ4n) is 5.55. The first-order valence-electron chi connectivity index (χ1n) is 15.2. The van der Waals surface area contributed by atoms with Crippen molar-refractivity contribution in [3.8, 4) is 5.75 Å². The maximum absolute atomic E-state index is 14.1. The SMILES string of the molecule is C[C@@H]1CN([C@H](C)CO)C(=O)c2cc(NS(C)(=O)=O)ccc2O[C@@H](C)CCCCO[C@@H]1CN(C)C(=O)NC1CCCCC1. The van der Waals surface area contributed by atoms with E-state index in [1.165, 1.54) is 12.5 Å². The molecule has 3 N–H and O–H groups in total. The van der Waals surface area contributed by atoms with Crippen molar-refractivity contribution >= 4 is 27.6 Å². The van der Waals surface area contributed by atoms with Crippen molar-refractivity contribution in [1.29, 1.82) is 0 Å². The molecular formula is C30H50N4O7S. The first-order valence-corrected chi connectivity index (χ1v) is 17.1. The van der Waals surface area contributed by atoms with Gasteiger partial charge in [-0.15, -0.1) is 0 Å². The fourth-order valence-corrected chi connectivity index (χ4v) is 6.10. The average Bonchev–Trinajstić information content (AvgIpc) is 2.94. The topological polar surface area (TPSA) is 138 Å². The maximum Gasteiger partial charge on any atom is 0.317 e. The van der Waals surface area contributed by atoms with Crippen LogP contribution in [0.25, 0.3) is 0 Å². The number of anilines is 1. The zero-order chi connectivity index (χ0) is 30.9. The summed E-state index contributed by atoms with van der Waals surface area (Å²) in [6, 6.07) is 4.21. The number of carbonyl (C=O) groups is 2. The lowest BCUT2D eigenvalue weighted by Crippen LogP contribution is -2.50. The standard InChI is InChI=1S/C30H50N4O7S/c1-21-18-34(22(2)20-35)29(36)26-17-25(32-42(5,38)39)14-15-27(26)41-23(3)11-9-10-16-40-28(21)19-33(4)30(37)31-24-12-7-6-8-13-24/h14-15,17,21-24,28,32,35H,6-13,16,18-20H2,1-5H3,(H,31,37)/t21-,22-,23+,28-/m1/s1. The number of likely N-dealkylation sites (N-methyl/N-ethyl adjacent to an activating group) is 1. The molecule has 42 heavy (non-hydrogen) atoms.